The molecule has 1 aliphatic rings. The lowest BCUT2D eigenvalue weighted by Crippen LogP contribution is -2.44. The third-order valence-electron chi connectivity index (χ3n) is 8.24. The van der Waals surface area contributed by atoms with E-state index in [1.54, 1.807) is 0 Å². The molecule has 1 aliphatic heterocycles. The van der Waals surface area contributed by atoms with Crippen LogP contribution in [0.2, 0.25) is 0 Å². The first kappa shape index (κ1) is 42.5. The van der Waals surface area contributed by atoms with Crippen LogP contribution in [0.5, 0.6) is 0 Å². The maximum atomic E-state index is 13.2. The maximum Gasteiger partial charge on any atom is 0.330 e. The molecule has 0 radical (unpaired) electrons. The molecule has 3 heterocycles. The number of aliphatic hydroxyl groups excluding tert-OH is 1. The van der Waals surface area contributed by atoms with Crippen LogP contribution in [-0.4, -0.2) is 79.9 Å². The van der Waals surface area contributed by atoms with E-state index in [9.17, 15) is 24.4 Å². The Labute approximate surface area is 305 Å². The van der Waals surface area contributed by atoms with E-state index in [-0.39, 0.29) is 42.3 Å². The lowest BCUT2D eigenvalue weighted by Gasteiger charge is -2.27. The molecule has 0 bridgehead atoms. The Morgan fingerprint density at radius 1 is 1.06 bits per heavy atom. The summed E-state index contributed by atoms with van der Waals surface area (Å²) in [5, 5.41) is 24.8. The number of anilines is 1. The number of aliphatic hydroxyl groups is 2. The Hall–Kier alpha value is -3.91. The number of nitrogens with one attached hydrogen (secondary N) is 2. The Morgan fingerprint density at radius 3 is 2.21 bits per heavy atom. The van der Waals surface area contributed by atoms with Gasteiger partial charge in [0.05, 0.1) is 19.1 Å². The van der Waals surface area contributed by atoms with E-state index in [0.29, 0.717) is 19.3 Å². The van der Waals surface area contributed by atoms with Gasteiger partial charge in [-0.2, -0.15) is 4.98 Å². The number of imidazole rings is 1. The van der Waals surface area contributed by atoms with Crippen molar-refractivity contribution in [3.63, 3.8) is 0 Å². The molecule has 2 aromatic rings. The fourth-order valence-corrected chi connectivity index (χ4v) is 6.67. The number of aromatic amines is 1. The van der Waals surface area contributed by atoms with Gasteiger partial charge in [-0.25, -0.2) is 4.98 Å². The third kappa shape index (κ3) is 13.6. The summed E-state index contributed by atoms with van der Waals surface area (Å²) in [4.78, 5) is 34.9. The number of ether oxygens (including phenoxy) is 1. The molecule has 6 N–H and O–H groups in total. The number of amides is 1. The van der Waals surface area contributed by atoms with E-state index in [2.05, 4.69) is 88.0 Å². The van der Waals surface area contributed by atoms with Gasteiger partial charge in [-0.05, 0) is 58.3 Å². The molecule has 5 atom stereocenters. The number of fused-ring (bicyclic) bond motifs is 1. The van der Waals surface area contributed by atoms with Crippen molar-refractivity contribution in [2.24, 2.45) is 0 Å². The van der Waals surface area contributed by atoms with Gasteiger partial charge in [-0.1, -0.05) is 79.8 Å². The number of nitrogens with zero attached hydrogens (tertiary/aromatic N) is 3. The first-order chi connectivity index (χ1) is 25.0. The van der Waals surface area contributed by atoms with Gasteiger partial charge in [0.15, 0.2) is 17.4 Å². The van der Waals surface area contributed by atoms with E-state index in [1.165, 1.54) is 24.9 Å². The van der Waals surface area contributed by atoms with Gasteiger partial charge in [0.2, 0.25) is 11.9 Å². The molecule has 15 heteroatoms. The summed E-state index contributed by atoms with van der Waals surface area (Å²) < 4.78 is 31.1. The number of carbonyl (C=O) groups is 1. The predicted octanol–water partition coefficient (Wildman–Crippen LogP) is 5.55. The molecule has 1 amide bonds. The quantitative estimate of drug-likeness (QED) is 0.0542. The van der Waals surface area contributed by atoms with Crippen molar-refractivity contribution in [1.29, 1.82) is 0 Å². The average molecular weight is 743 g/mol. The van der Waals surface area contributed by atoms with E-state index in [4.69, 9.17) is 19.5 Å². The first-order valence-electron chi connectivity index (χ1n) is 17.8. The zero-order valence-corrected chi connectivity index (χ0v) is 31.3. The van der Waals surface area contributed by atoms with Crippen LogP contribution in [0.15, 0.2) is 84.0 Å². The molecular formula is C37H55N6O8P. The average Bonchev–Trinajstić information content (AvgIpc) is 3.63. The smallest absolute Gasteiger partial charge is 0.330 e. The third-order valence-corrected chi connectivity index (χ3v) is 10.2. The van der Waals surface area contributed by atoms with Crippen molar-refractivity contribution in [2.75, 3.05) is 32.2 Å². The van der Waals surface area contributed by atoms with Crippen LogP contribution in [0, 0.1) is 0 Å². The molecule has 1 unspecified atom stereocenters. The molecule has 1 fully saturated rings. The van der Waals surface area contributed by atoms with Crippen LogP contribution in [0.4, 0.5) is 5.95 Å². The van der Waals surface area contributed by atoms with Crippen LogP contribution in [0.25, 0.3) is 11.2 Å². The topological polar surface area (TPSA) is 204 Å². The highest BCUT2D eigenvalue weighted by Gasteiger charge is 2.54. The van der Waals surface area contributed by atoms with Gasteiger partial charge in [-0.15, -0.1) is 0 Å². The van der Waals surface area contributed by atoms with E-state index >= 15 is 0 Å². The van der Waals surface area contributed by atoms with Crippen molar-refractivity contribution in [2.45, 2.75) is 95.7 Å². The van der Waals surface area contributed by atoms with Crippen LogP contribution < -0.4 is 16.6 Å². The number of nitrogens with two attached hydrogens (primary N) is 1. The fraction of sp³-hybridized carbons (Fsp3) is 0.514. The van der Waals surface area contributed by atoms with Crippen molar-refractivity contribution in [3.05, 3.63) is 89.6 Å². The molecule has 0 aromatic carbocycles. The minimum absolute atomic E-state index is 0.0116. The van der Waals surface area contributed by atoms with Gasteiger partial charge in [0.25, 0.3) is 5.56 Å². The number of nitrogen functional groups attached to an aromatic ring is 1. The van der Waals surface area contributed by atoms with E-state index in [1.807, 2.05) is 12.2 Å². The number of allylic oxidation sites excluding steroid dienone is 12. The van der Waals surface area contributed by atoms with Crippen molar-refractivity contribution in [1.82, 2.24) is 24.8 Å². The SMILES string of the molecule is CC/C=C\C/C=C\C/C=C\C/C=C\C/C=C\C/C=C\CCC(=O)NCCCP(=O)(OC)OC[C@H]1O[C@@H](n2cnc3c(=O)[nH]c(N)nc32)[C@](C)(O)[C@@H]1O. The molecule has 0 aliphatic carbocycles. The Balaban J connectivity index is 1.28. The van der Waals surface area contributed by atoms with Gasteiger partial charge in [-0.3, -0.25) is 23.7 Å². The van der Waals surface area contributed by atoms with Crippen molar-refractivity contribution < 1.29 is 33.4 Å². The highest BCUT2D eigenvalue weighted by Crippen LogP contribution is 2.49. The highest BCUT2D eigenvalue weighted by atomic mass is 31.2. The zero-order chi connectivity index (χ0) is 37.8. The first-order valence-corrected chi connectivity index (χ1v) is 19.5. The zero-order valence-electron chi connectivity index (χ0n) is 30.4. The number of hydrogen-bond acceptors (Lipinski definition) is 11. The Kier molecular flexibility index (Phi) is 18.2. The molecule has 0 spiro atoms. The summed E-state index contributed by atoms with van der Waals surface area (Å²) in [7, 11) is -2.37. The number of H-pyrrole nitrogens is 1. The molecule has 1 saturated heterocycles. The number of hydrogen-bond donors (Lipinski definition) is 5. The summed E-state index contributed by atoms with van der Waals surface area (Å²) in [5.41, 5.74) is 3.29. The highest BCUT2D eigenvalue weighted by molar-refractivity contribution is 7.53. The molecule has 3 rings (SSSR count). The molecular weight excluding hydrogens is 687 g/mol. The molecule has 52 heavy (non-hydrogen) atoms. The molecule has 2 aromatic heterocycles. The second-order valence-corrected chi connectivity index (χ2v) is 14.7. The van der Waals surface area contributed by atoms with Crippen LogP contribution in [0.3, 0.4) is 0 Å². The maximum absolute atomic E-state index is 13.2. The minimum Gasteiger partial charge on any atom is -0.387 e. The lowest BCUT2D eigenvalue weighted by atomic mass is 9.96. The predicted molar refractivity (Wildman–Crippen MR) is 204 cm³/mol. The van der Waals surface area contributed by atoms with Crippen molar-refractivity contribution >= 4 is 30.6 Å². The largest absolute Gasteiger partial charge is 0.387 e. The van der Waals surface area contributed by atoms with E-state index in [0.717, 1.165) is 38.5 Å². The second-order valence-electron chi connectivity index (χ2n) is 12.4. The summed E-state index contributed by atoms with van der Waals surface area (Å²) in [6, 6.07) is 0. The standard InChI is InChI=1S/C37H55N6O8P/c1-4-5-6-7-8-9-10-11-12-13-14-15-16-17-18-19-20-21-22-24-30(44)39-25-23-26-52(48,49-3)50-27-29-32(45)37(2,47)35(51-29)43-28-40-31-33(43)41-36(38)42-34(31)46/h5-6,8-9,11-12,14-15,17-18,20-21,28-29,32,35,45,47H,4,7,10,13,16,19,22-27H2,1-3H3,(H,39,44)(H3,38,41,42,46)/b6-5-,9-8-,12-11-,15-14-,18-17-,21-20-/t29-,32-,35-,37-,52?/m1/s1. The van der Waals surface area contributed by atoms with Crippen LogP contribution in [-0.2, 0) is 23.1 Å². The second kappa shape index (κ2) is 22.2. The minimum atomic E-state index is -3.62. The number of aromatic nitrogens is 4. The van der Waals surface area contributed by atoms with Gasteiger partial charge < -0.3 is 35.0 Å². The number of rotatable bonds is 23. The summed E-state index contributed by atoms with van der Waals surface area (Å²) in [5.74, 6) is -0.270. The summed E-state index contributed by atoms with van der Waals surface area (Å²) >= 11 is 0. The molecule has 0 saturated carbocycles. The summed E-state index contributed by atoms with van der Waals surface area (Å²) in [6.45, 7) is 3.41. The lowest BCUT2D eigenvalue weighted by molar-refractivity contribution is -0.121. The monoisotopic (exact) mass is 742 g/mol. The van der Waals surface area contributed by atoms with E-state index < -0.39 is 37.2 Å². The normalized spacial score (nSPS) is 22.4. The van der Waals surface area contributed by atoms with Crippen LogP contribution in [0.1, 0.15) is 77.9 Å². The Morgan fingerprint density at radius 2 is 1.63 bits per heavy atom. The van der Waals surface area contributed by atoms with Crippen molar-refractivity contribution in [3.8, 4) is 0 Å². The van der Waals surface area contributed by atoms with Gasteiger partial charge >= 0.3 is 7.60 Å². The van der Waals surface area contributed by atoms with Gasteiger partial charge in [0.1, 0.15) is 17.8 Å². The summed E-state index contributed by atoms with van der Waals surface area (Å²) in [6.07, 6.45) is 30.1. The fourth-order valence-electron chi connectivity index (χ4n) is 5.33. The Bertz CT molecular complexity index is 1690. The number of carbonyl (C=O) groups excluding carboxylic acids is 1. The molecule has 286 valence electrons. The van der Waals surface area contributed by atoms with Crippen LogP contribution >= 0.6 is 7.60 Å². The van der Waals surface area contributed by atoms with Gasteiger partial charge in [0, 0.05) is 20.1 Å². The molecule has 14 nitrogen and oxygen atoms in total.